The second-order valence-corrected chi connectivity index (χ2v) is 6.50. The summed E-state index contributed by atoms with van der Waals surface area (Å²) in [6.07, 6.45) is 6.70. The number of benzene rings is 1. The Kier molecular flexibility index (Phi) is 7.72. The van der Waals surface area contributed by atoms with Gasteiger partial charge < -0.3 is 5.32 Å². The highest BCUT2D eigenvalue weighted by molar-refractivity contribution is 5.54. The molecule has 1 rings (SSSR count). The highest BCUT2D eigenvalue weighted by Crippen LogP contribution is 2.28. The molecule has 0 saturated heterocycles. The SMILES string of the molecule is CCCCCCCNc1ccc(C(C)C)cc1C(C)C. The average Bonchev–Trinajstić information content (AvgIpc) is 2.42. The minimum atomic E-state index is 0.580. The quantitative estimate of drug-likeness (QED) is 0.520. The molecule has 1 heteroatoms. The van der Waals surface area contributed by atoms with Crippen LogP contribution in [0.1, 0.15) is 89.7 Å². The monoisotopic (exact) mass is 275 g/mol. The lowest BCUT2D eigenvalue weighted by Crippen LogP contribution is -2.06. The molecule has 0 aliphatic carbocycles. The normalized spacial score (nSPS) is 11.3. The first-order valence-corrected chi connectivity index (χ1v) is 8.44. The fraction of sp³-hybridized carbons (Fsp3) is 0.684. The van der Waals surface area contributed by atoms with Crippen molar-refractivity contribution in [2.24, 2.45) is 0 Å². The van der Waals surface area contributed by atoms with Crippen molar-refractivity contribution in [3.8, 4) is 0 Å². The number of rotatable bonds is 9. The predicted molar refractivity (Wildman–Crippen MR) is 91.9 cm³/mol. The number of nitrogens with one attached hydrogen (secondary N) is 1. The lowest BCUT2D eigenvalue weighted by Gasteiger charge is -2.17. The van der Waals surface area contributed by atoms with Crippen molar-refractivity contribution in [1.82, 2.24) is 0 Å². The van der Waals surface area contributed by atoms with Gasteiger partial charge in [-0.05, 0) is 35.4 Å². The minimum absolute atomic E-state index is 0.580. The molecular weight excluding hydrogens is 242 g/mol. The molecule has 1 nitrogen and oxygen atoms in total. The Morgan fingerprint density at radius 1 is 0.900 bits per heavy atom. The fourth-order valence-corrected chi connectivity index (χ4v) is 2.53. The molecule has 1 aromatic rings. The van der Waals surface area contributed by atoms with Gasteiger partial charge in [-0.1, -0.05) is 72.4 Å². The Morgan fingerprint density at radius 2 is 1.60 bits per heavy atom. The van der Waals surface area contributed by atoms with Gasteiger partial charge in [-0.2, -0.15) is 0 Å². The third-order valence-electron chi connectivity index (χ3n) is 3.96. The molecule has 114 valence electrons. The molecule has 0 unspecified atom stereocenters. The number of unbranched alkanes of at least 4 members (excludes halogenated alkanes) is 4. The topological polar surface area (TPSA) is 12.0 Å². The van der Waals surface area contributed by atoms with E-state index in [9.17, 15) is 0 Å². The van der Waals surface area contributed by atoms with Gasteiger partial charge in [0.15, 0.2) is 0 Å². The van der Waals surface area contributed by atoms with Crippen molar-refractivity contribution in [3.63, 3.8) is 0 Å². The van der Waals surface area contributed by atoms with Gasteiger partial charge in [0, 0.05) is 12.2 Å². The zero-order valence-corrected chi connectivity index (χ0v) is 14.1. The van der Waals surface area contributed by atoms with Crippen LogP contribution in [0.4, 0.5) is 5.69 Å². The molecule has 0 radical (unpaired) electrons. The van der Waals surface area contributed by atoms with Gasteiger partial charge in [0.1, 0.15) is 0 Å². The smallest absolute Gasteiger partial charge is 0.0375 e. The van der Waals surface area contributed by atoms with E-state index in [1.807, 2.05) is 0 Å². The second-order valence-electron chi connectivity index (χ2n) is 6.50. The Bertz CT molecular complexity index is 379. The number of hydrogen-bond donors (Lipinski definition) is 1. The Balaban J connectivity index is 2.56. The Morgan fingerprint density at radius 3 is 2.20 bits per heavy atom. The van der Waals surface area contributed by atoms with Gasteiger partial charge >= 0.3 is 0 Å². The number of anilines is 1. The van der Waals surface area contributed by atoms with Crippen LogP contribution >= 0.6 is 0 Å². The molecule has 1 aromatic carbocycles. The van der Waals surface area contributed by atoms with E-state index in [0.717, 1.165) is 6.54 Å². The van der Waals surface area contributed by atoms with Crippen LogP contribution in [-0.4, -0.2) is 6.54 Å². The van der Waals surface area contributed by atoms with Crippen LogP contribution in [0, 0.1) is 0 Å². The molecule has 0 saturated carbocycles. The molecule has 20 heavy (non-hydrogen) atoms. The van der Waals surface area contributed by atoms with E-state index in [1.165, 1.54) is 48.9 Å². The van der Waals surface area contributed by atoms with Crippen LogP contribution in [-0.2, 0) is 0 Å². The lowest BCUT2D eigenvalue weighted by molar-refractivity contribution is 0.645. The molecule has 0 bridgehead atoms. The molecule has 0 aromatic heterocycles. The molecule has 0 heterocycles. The molecular formula is C19H33N. The summed E-state index contributed by atoms with van der Waals surface area (Å²) in [6, 6.07) is 6.93. The van der Waals surface area contributed by atoms with E-state index in [-0.39, 0.29) is 0 Å². The van der Waals surface area contributed by atoms with E-state index in [2.05, 4.69) is 58.1 Å². The van der Waals surface area contributed by atoms with Gasteiger partial charge in [-0.15, -0.1) is 0 Å². The highest BCUT2D eigenvalue weighted by Gasteiger charge is 2.09. The highest BCUT2D eigenvalue weighted by atomic mass is 14.9. The summed E-state index contributed by atoms with van der Waals surface area (Å²) in [4.78, 5) is 0. The van der Waals surface area contributed by atoms with Crippen molar-refractivity contribution in [2.75, 3.05) is 11.9 Å². The largest absolute Gasteiger partial charge is 0.385 e. The minimum Gasteiger partial charge on any atom is -0.385 e. The first kappa shape index (κ1) is 17.1. The summed E-state index contributed by atoms with van der Waals surface area (Å²) >= 11 is 0. The van der Waals surface area contributed by atoms with Crippen LogP contribution in [0.15, 0.2) is 18.2 Å². The summed E-state index contributed by atoms with van der Waals surface area (Å²) in [5, 5.41) is 3.64. The van der Waals surface area contributed by atoms with E-state index >= 15 is 0 Å². The standard InChI is InChI=1S/C19H33N/c1-6-7-8-9-10-13-20-19-12-11-17(15(2)3)14-18(19)16(4)5/h11-12,14-16,20H,6-10,13H2,1-5H3. The Labute approximate surface area is 126 Å². The van der Waals surface area contributed by atoms with Gasteiger partial charge in [-0.3, -0.25) is 0 Å². The number of hydrogen-bond acceptors (Lipinski definition) is 1. The van der Waals surface area contributed by atoms with Crippen molar-refractivity contribution in [1.29, 1.82) is 0 Å². The molecule has 0 spiro atoms. The van der Waals surface area contributed by atoms with Crippen molar-refractivity contribution < 1.29 is 0 Å². The van der Waals surface area contributed by atoms with E-state index in [4.69, 9.17) is 0 Å². The Hall–Kier alpha value is -0.980. The van der Waals surface area contributed by atoms with Gasteiger partial charge in [0.05, 0.1) is 0 Å². The molecule has 0 fully saturated rings. The van der Waals surface area contributed by atoms with Crippen molar-refractivity contribution in [3.05, 3.63) is 29.3 Å². The zero-order valence-electron chi connectivity index (χ0n) is 14.1. The summed E-state index contributed by atoms with van der Waals surface area (Å²) in [7, 11) is 0. The maximum atomic E-state index is 3.64. The van der Waals surface area contributed by atoms with E-state index in [1.54, 1.807) is 0 Å². The first-order valence-electron chi connectivity index (χ1n) is 8.44. The second kappa shape index (κ2) is 9.05. The molecule has 0 aliphatic rings. The third kappa shape index (κ3) is 5.56. The first-order chi connectivity index (χ1) is 9.56. The molecule has 1 N–H and O–H groups in total. The lowest BCUT2D eigenvalue weighted by atomic mass is 9.94. The van der Waals surface area contributed by atoms with Crippen LogP contribution in [0.3, 0.4) is 0 Å². The van der Waals surface area contributed by atoms with Gasteiger partial charge in [-0.25, -0.2) is 0 Å². The third-order valence-corrected chi connectivity index (χ3v) is 3.96. The van der Waals surface area contributed by atoms with Crippen LogP contribution < -0.4 is 5.32 Å². The molecule has 0 atom stereocenters. The van der Waals surface area contributed by atoms with Gasteiger partial charge in [0.2, 0.25) is 0 Å². The average molecular weight is 275 g/mol. The fourth-order valence-electron chi connectivity index (χ4n) is 2.53. The summed E-state index contributed by atoms with van der Waals surface area (Å²) in [6.45, 7) is 12.5. The van der Waals surface area contributed by atoms with E-state index in [0.29, 0.717) is 11.8 Å². The van der Waals surface area contributed by atoms with Gasteiger partial charge in [0.25, 0.3) is 0 Å². The summed E-state index contributed by atoms with van der Waals surface area (Å²) in [5.74, 6) is 1.19. The predicted octanol–water partition coefficient (Wildman–Crippen LogP) is 6.32. The van der Waals surface area contributed by atoms with Crippen LogP contribution in [0.25, 0.3) is 0 Å². The van der Waals surface area contributed by atoms with Crippen molar-refractivity contribution in [2.45, 2.75) is 78.6 Å². The van der Waals surface area contributed by atoms with Crippen LogP contribution in [0.2, 0.25) is 0 Å². The molecule has 0 aliphatic heterocycles. The molecule has 0 amide bonds. The maximum absolute atomic E-state index is 3.64. The zero-order chi connectivity index (χ0) is 15.0. The maximum Gasteiger partial charge on any atom is 0.0375 e. The summed E-state index contributed by atoms with van der Waals surface area (Å²) < 4.78 is 0. The summed E-state index contributed by atoms with van der Waals surface area (Å²) in [5.41, 5.74) is 4.24. The van der Waals surface area contributed by atoms with E-state index < -0.39 is 0 Å². The van der Waals surface area contributed by atoms with Crippen molar-refractivity contribution >= 4 is 5.69 Å². The van der Waals surface area contributed by atoms with Crippen LogP contribution in [0.5, 0.6) is 0 Å².